The van der Waals surface area contributed by atoms with Crippen LogP contribution < -0.4 is 5.32 Å². The summed E-state index contributed by atoms with van der Waals surface area (Å²) in [6.07, 6.45) is 1.15. The number of nitrogens with zero attached hydrogens (tertiary/aromatic N) is 2. The first kappa shape index (κ1) is 18.6. The minimum Gasteiger partial charge on any atom is -0.477 e. The van der Waals surface area contributed by atoms with Crippen molar-refractivity contribution in [3.63, 3.8) is 0 Å². The van der Waals surface area contributed by atoms with Crippen LogP contribution >= 0.6 is 0 Å². The third-order valence-corrected chi connectivity index (χ3v) is 4.65. The van der Waals surface area contributed by atoms with Crippen LogP contribution in [0.4, 0.5) is 0 Å². The van der Waals surface area contributed by atoms with Crippen LogP contribution in [0.2, 0.25) is 0 Å². The van der Waals surface area contributed by atoms with E-state index in [9.17, 15) is 14.4 Å². The zero-order valence-corrected chi connectivity index (χ0v) is 14.8. The summed E-state index contributed by atoms with van der Waals surface area (Å²) in [5.41, 5.74) is 1.00. The summed E-state index contributed by atoms with van der Waals surface area (Å²) >= 11 is 0. The molecule has 140 valence electrons. The molecule has 2 N–H and O–H groups in total. The Bertz CT molecular complexity index is 830. The van der Waals surface area contributed by atoms with Gasteiger partial charge in [0, 0.05) is 25.6 Å². The number of likely N-dealkylation sites (tertiary alicyclic amines) is 1. The van der Waals surface area contributed by atoms with Gasteiger partial charge in [0.25, 0.3) is 5.91 Å². The molecule has 1 aliphatic heterocycles. The molecule has 0 unspecified atom stereocenters. The van der Waals surface area contributed by atoms with Crippen molar-refractivity contribution in [1.82, 2.24) is 15.2 Å². The fourth-order valence-electron chi connectivity index (χ4n) is 3.11. The van der Waals surface area contributed by atoms with Gasteiger partial charge in [0.15, 0.2) is 0 Å². The van der Waals surface area contributed by atoms with Gasteiger partial charge in [-0.1, -0.05) is 36.4 Å². The number of carboxylic acid groups (broad SMARTS) is 1. The van der Waals surface area contributed by atoms with E-state index in [4.69, 9.17) is 5.11 Å². The van der Waals surface area contributed by atoms with Crippen molar-refractivity contribution in [1.29, 1.82) is 0 Å². The number of carbonyl (C=O) groups is 3. The van der Waals surface area contributed by atoms with Gasteiger partial charge < -0.3 is 15.3 Å². The first-order valence-electron chi connectivity index (χ1n) is 8.86. The van der Waals surface area contributed by atoms with Crippen molar-refractivity contribution < 1.29 is 19.5 Å². The molecule has 1 saturated heterocycles. The molecular weight excluding hydrogens is 346 g/mol. The number of aromatic nitrogens is 1. The van der Waals surface area contributed by atoms with Crippen molar-refractivity contribution >= 4 is 17.8 Å². The van der Waals surface area contributed by atoms with Crippen LogP contribution in [0.25, 0.3) is 0 Å². The lowest BCUT2D eigenvalue weighted by molar-refractivity contribution is -0.126. The first-order chi connectivity index (χ1) is 13.0. The maximum atomic E-state index is 12.5. The number of hydrogen-bond donors (Lipinski definition) is 2. The highest BCUT2D eigenvalue weighted by molar-refractivity contribution is 5.94. The summed E-state index contributed by atoms with van der Waals surface area (Å²) < 4.78 is 0. The molecule has 1 aromatic heterocycles. The third-order valence-electron chi connectivity index (χ3n) is 4.65. The highest BCUT2D eigenvalue weighted by Gasteiger charge is 2.28. The van der Waals surface area contributed by atoms with Crippen molar-refractivity contribution in [2.24, 2.45) is 5.92 Å². The minimum absolute atomic E-state index is 0.00282. The molecule has 1 aliphatic rings. The van der Waals surface area contributed by atoms with Crippen LogP contribution in [0.5, 0.6) is 0 Å². The smallest absolute Gasteiger partial charge is 0.354 e. The number of hydrogen-bond acceptors (Lipinski definition) is 4. The Kier molecular flexibility index (Phi) is 5.80. The van der Waals surface area contributed by atoms with Gasteiger partial charge in [0.05, 0.1) is 0 Å². The fraction of sp³-hybridized carbons (Fsp3) is 0.300. The Morgan fingerprint density at radius 3 is 2.33 bits per heavy atom. The third kappa shape index (κ3) is 4.69. The van der Waals surface area contributed by atoms with E-state index in [1.165, 1.54) is 18.2 Å². The largest absolute Gasteiger partial charge is 0.477 e. The van der Waals surface area contributed by atoms with E-state index in [0.29, 0.717) is 32.5 Å². The average molecular weight is 367 g/mol. The minimum atomic E-state index is -1.17. The van der Waals surface area contributed by atoms with Gasteiger partial charge in [-0.2, -0.15) is 0 Å². The number of nitrogens with one attached hydrogen (secondary N) is 1. The number of amides is 2. The maximum absolute atomic E-state index is 12.5. The Morgan fingerprint density at radius 1 is 1.00 bits per heavy atom. The number of piperidine rings is 1. The van der Waals surface area contributed by atoms with Gasteiger partial charge in [-0.25, -0.2) is 9.78 Å². The second kappa shape index (κ2) is 8.44. The second-order valence-electron chi connectivity index (χ2n) is 6.48. The number of pyridine rings is 1. The first-order valence-corrected chi connectivity index (χ1v) is 8.86. The predicted molar refractivity (Wildman–Crippen MR) is 98.1 cm³/mol. The van der Waals surface area contributed by atoms with Crippen molar-refractivity contribution in [3.05, 3.63) is 65.5 Å². The Hall–Kier alpha value is -3.22. The van der Waals surface area contributed by atoms with E-state index < -0.39 is 5.97 Å². The molecule has 0 saturated carbocycles. The van der Waals surface area contributed by atoms with Gasteiger partial charge in [0.1, 0.15) is 11.4 Å². The lowest BCUT2D eigenvalue weighted by Gasteiger charge is -2.31. The monoisotopic (exact) mass is 367 g/mol. The van der Waals surface area contributed by atoms with Gasteiger partial charge in [-0.05, 0) is 30.5 Å². The van der Waals surface area contributed by atoms with Crippen LogP contribution in [-0.4, -0.2) is 45.9 Å². The normalized spacial score (nSPS) is 14.6. The summed E-state index contributed by atoms with van der Waals surface area (Å²) in [6, 6.07) is 14.1. The van der Waals surface area contributed by atoms with E-state index in [2.05, 4.69) is 10.3 Å². The van der Waals surface area contributed by atoms with Crippen LogP contribution in [0.1, 0.15) is 39.4 Å². The lowest BCUT2D eigenvalue weighted by atomic mass is 9.95. The summed E-state index contributed by atoms with van der Waals surface area (Å²) in [7, 11) is 0. The standard InChI is InChI=1S/C20H21N3O4/c24-18(21-13-14-5-2-1-3-6-14)15-9-11-23(12-10-15)19(25)16-7-4-8-17(22-16)20(26)27/h1-8,15H,9-13H2,(H,21,24)(H,26,27). The lowest BCUT2D eigenvalue weighted by Crippen LogP contribution is -2.43. The molecule has 7 nitrogen and oxygen atoms in total. The quantitative estimate of drug-likeness (QED) is 0.841. The molecule has 27 heavy (non-hydrogen) atoms. The number of carboxylic acids is 1. The predicted octanol–water partition coefficient (Wildman–Crippen LogP) is 1.95. The maximum Gasteiger partial charge on any atom is 0.354 e. The Balaban J connectivity index is 1.52. The molecule has 0 radical (unpaired) electrons. The summed E-state index contributed by atoms with van der Waals surface area (Å²) in [5, 5.41) is 11.9. The molecule has 1 aromatic carbocycles. The van der Waals surface area contributed by atoms with Crippen molar-refractivity contribution in [2.75, 3.05) is 13.1 Å². The summed E-state index contributed by atoms with van der Waals surface area (Å²) in [5.74, 6) is -1.60. The molecule has 0 spiro atoms. The van der Waals surface area contributed by atoms with Crippen molar-refractivity contribution in [2.45, 2.75) is 19.4 Å². The van der Waals surface area contributed by atoms with E-state index in [1.807, 2.05) is 30.3 Å². The van der Waals surface area contributed by atoms with Gasteiger partial charge in [-0.3, -0.25) is 9.59 Å². The fourth-order valence-corrected chi connectivity index (χ4v) is 3.11. The van der Waals surface area contributed by atoms with Gasteiger partial charge >= 0.3 is 5.97 Å². The molecule has 3 rings (SSSR count). The molecule has 2 heterocycles. The van der Waals surface area contributed by atoms with Crippen LogP contribution in [0, 0.1) is 5.92 Å². The van der Waals surface area contributed by atoms with Crippen LogP contribution in [0.3, 0.4) is 0 Å². The highest BCUT2D eigenvalue weighted by Crippen LogP contribution is 2.19. The molecule has 7 heteroatoms. The Morgan fingerprint density at radius 2 is 1.67 bits per heavy atom. The van der Waals surface area contributed by atoms with E-state index in [0.717, 1.165) is 5.56 Å². The number of benzene rings is 1. The number of carbonyl (C=O) groups excluding carboxylic acids is 2. The van der Waals surface area contributed by atoms with Gasteiger partial charge in [0.2, 0.25) is 5.91 Å². The molecule has 0 atom stereocenters. The van der Waals surface area contributed by atoms with Crippen LogP contribution in [-0.2, 0) is 11.3 Å². The van der Waals surface area contributed by atoms with E-state index in [1.54, 1.807) is 4.90 Å². The Labute approximate surface area is 157 Å². The zero-order valence-electron chi connectivity index (χ0n) is 14.8. The molecule has 0 bridgehead atoms. The van der Waals surface area contributed by atoms with E-state index >= 15 is 0 Å². The van der Waals surface area contributed by atoms with Gasteiger partial charge in [-0.15, -0.1) is 0 Å². The van der Waals surface area contributed by atoms with Crippen molar-refractivity contribution in [3.8, 4) is 0 Å². The molecular formula is C20H21N3O4. The molecule has 0 aliphatic carbocycles. The second-order valence-corrected chi connectivity index (χ2v) is 6.48. The highest BCUT2D eigenvalue weighted by atomic mass is 16.4. The molecule has 1 fully saturated rings. The summed E-state index contributed by atoms with van der Waals surface area (Å²) in [4.78, 5) is 41.4. The molecule has 2 aromatic rings. The van der Waals surface area contributed by atoms with Crippen LogP contribution in [0.15, 0.2) is 48.5 Å². The zero-order chi connectivity index (χ0) is 19.2. The SMILES string of the molecule is O=C(O)c1cccc(C(=O)N2CCC(C(=O)NCc3ccccc3)CC2)n1. The average Bonchev–Trinajstić information content (AvgIpc) is 2.72. The number of rotatable bonds is 5. The topological polar surface area (TPSA) is 99.6 Å². The van der Waals surface area contributed by atoms with E-state index in [-0.39, 0.29) is 29.1 Å². The summed E-state index contributed by atoms with van der Waals surface area (Å²) in [6.45, 7) is 1.38. The molecule has 2 amide bonds. The number of aromatic carboxylic acids is 1.